The number of hydrogen-bond donors (Lipinski definition) is 3. The summed E-state index contributed by atoms with van der Waals surface area (Å²) >= 11 is 0. The Labute approximate surface area is 184 Å². The maximum absolute atomic E-state index is 11.1. The summed E-state index contributed by atoms with van der Waals surface area (Å²) in [7, 11) is 0. The lowest BCUT2D eigenvalue weighted by atomic mass is 10.0. The Hall–Kier alpha value is -4.38. The predicted molar refractivity (Wildman–Crippen MR) is 131 cm³/mol. The van der Waals surface area contributed by atoms with Crippen molar-refractivity contribution in [3.63, 3.8) is 0 Å². The Kier molecular flexibility index (Phi) is 5.14. The average Bonchev–Trinajstić information content (AvgIpc) is 3.47. The third-order valence-corrected chi connectivity index (χ3v) is 5.43. The molecule has 5 heteroatoms. The van der Waals surface area contributed by atoms with E-state index in [2.05, 4.69) is 87.1 Å². The molecule has 2 heterocycles. The second-order valence-electron chi connectivity index (χ2n) is 7.70. The van der Waals surface area contributed by atoms with Crippen LogP contribution in [0.1, 0.15) is 5.69 Å². The van der Waals surface area contributed by atoms with Crippen molar-refractivity contribution < 1.29 is 0 Å². The first-order chi connectivity index (χ1) is 15.7. The Balaban J connectivity index is 0.000000135. The molecule has 32 heavy (non-hydrogen) atoms. The van der Waals surface area contributed by atoms with Gasteiger partial charge in [0, 0.05) is 22.9 Å². The van der Waals surface area contributed by atoms with Crippen molar-refractivity contribution in [2.75, 3.05) is 0 Å². The maximum atomic E-state index is 11.1. The fraction of sp³-hybridized carbons (Fsp3) is 0.0370. The van der Waals surface area contributed by atoms with Gasteiger partial charge in [-0.3, -0.25) is 20.1 Å². The molecule has 0 saturated heterocycles. The first-order valence-electron chi connectivity index (χ1n) is 10.4. The summed E-state index contributed by atoms with van der Waals surface area (Å²) in [6.07, 6.45) is 0. The Bertz CT molecular complexity index is 1570. The quantitative estimate of drug-likeness (QED) is 0.320. The molecule has 0 fully saturated rings. The number of aromatic nitrogens is 4. The van der Waals surface area contributed by atoms with E-state index in [1.54, 1.807) is 6.07 Å². The molecule has 6 rings (SSSR count). The van der Waals surface area contributed by atoms with Crippen molar-refractivity contribution in [2.45, 2.75) is 6.92 Å². The lowest BCUT2D eigenvalue weighted by Crippen LogP contribution is -1.93. The van der Waals surface area contributed by atoms with E-state index in [1.807, 2.05) is 31.2 Å². The first kappa shape index (κ1) is 19.6. The number of aryl methyl sites for hydroxylation is 1. The SMILES string of the molecule is Cc1cc(-c2ccc3ccccc3c2)n[nH]1.O=c1cc(-c2cccc3ccccc23)[nH][nH]1. The fourth-order valence-electron chi connectivity index (χ4n) is 3.85. The Morgan fingerprint density at radius 2 is 1.44 bits per heavy atom. The van der Waals surface area contributed by atoms with Gasteiger partial charge in [-0.1, -0.05) is 78.9 Å². The molecule has 0 atom stereocenters. The highest BCUT2D eigenvalue weighted by atomic mass is 16.1. The van der Waals surface area contributed by atoms with Crippen molar-refractivity contribution in [1.29, 1.82) is 0 Å². The smallest absolute Gasteiger partial charge is 0.264 e. The molecule has 0 radical (unpaired) electrons. The normalized spacial score (nSPS) is 10.8. The molecule has 6 aromatic rings. The van der Waals surface area contributed by atoms with Crippen LogP contribution in [0.3, 0.4) is 0 Å². The monoisotopic (exact) mass is 418 g/mol. The van der Waals surface area contributed by atoms with Gasteiger partial charge in [0.15, 0.2) is 0 Å². The van der Waals surface area contributed by atoms with E-state index in [0.29, 0.717) is 0 Å². The topological polar surface area (TPSA) is 77.3 Å². The molecule has 156 valence electrons. The summed E-state index contributed by atoms with van der Waals surface area (Å²) in [4.78, 5) is 11.1. The highest BCUT2D eigenvalue weighted by molar-refractivity contribution is 5.95. The minimum absolute atomic E-state index is 0.108. The number of benzene rings is 4. The highest BCUT2D eigenvalue weighted by Gasteiger charge is 2.05. The van der Waals surface area contributed by atoms with Gasteiger partial charge in [0.2, 0.25) is 0 Å². The van der Waals surface area contributed by atoms with E-state index >= 15 is 0 Å². The standard InChI is InChI=1S/C14H12N2.C13H10N2O/c1-10-8-14(16-15-10)13-7-6-11-4-2-3-5-12(11)9-13;16-13-8-12(14-15-13)11-7-3-5-9-4-1-2-6-10(9)11/h2-9H,1H3,(H,15,16);1-8H,(H2,14,15,16). The first-order valence-corrected chi connectivity index (χ1v) is 10.4. The summed E-state index contributed by atoms with van der Waals surface area (Å²) in [5.41, 5.74) is 5.00. The van der Waals surface area contributed by atoms with E-state index in [0.717, 1.165) is 33.6 Å². The van der Waals surface area contributed by atoms with Gasteiger partial charge >= 0.3 is 0 Å². The second-order valence-corrected chi connectivity index (χ2v) is 7.70. The minimum Gasteiger partial charge on any atom is -0.298 e. The fourth-order valence-corrected chi connectivity index (χ4v) is 3.85. The molecule has 0 unspecified atom stereocenters. The summed E-state index contributed by atoms with van der Waals surface area (Å²) in [6.45, 7) is 2.01. The van der Waals surface area contributed by atoms with Crippen LogP contribution in [-0.4, -0.2) is 20.4 Å². The molecule has 0 aliphatic heterocycles. The second kappa shape index (κ2) is 8.40. The Morgan fingerprint density at radius 1 is 0.688 bits per heavy atom. The van der Waals surface area contributed by atoms with Gasteiger partial charge in [0.25, 0.3) is 5.56 Å². The number of hydrogen-bond acceptors (Lipinski definition) is 2. The maximum Gasteiger partial charge on any atom is 0.264 e. The van der Waals surface area contributed by atoms with Crippen LogP contribution in [0.5, 0.6) is 0 Å². The number of aromatic amines is 3. The lowest BCUT2D eigenvalue weighted by molar-refractivity contribution is 1.05. The van der Waals surface area contributed by atoms with Gasteiger partial charge in [-0.05, 0) is 40.6 Å². The van der Waals surface area contributed by atoms with Crippen LogP contribution >= 0.6 is 0 Å². The van der Waals surface area contributed by atoms with Gasteiger partial charge in [-0.25, -0.2) is 0 Å². The highest BCUT2D eigenvalue weighted by Crippen LogP contribution is 2.26. The largest absolute Gasteiger partial charge is 0.298 e. The van der Waals surface area contributed by atoms with Crippen LogP contribution in [0.25, 0.3) is 44.1 Å². The molecule has 4 aromatic carbocycles. The molecular weight excluding hydrogens is 396 g/mol. The molecule has 0 aliphatic rings. The van der Waals surface area contributed by atoms with Crippen LogP contribution in [0, 0.1) is 6.92 Å². The van der Waals surface area contributed by atoms with Crippen LogP contribution in [0.4, 0.5) is 0 Å². The van der Waals surface area contributed by atoms with Crippen molar-refractivity contribution in [3.05, 3.63) is 113 Å². The zero-order chi connectivity index (χ0) is 21.9. The minimum atomic E-state index is -0.108. The summed E-state index contributed by atoms with van der Waals surface area (Å²) in [6, 6.07) is 32.6. The lowest BCUT2D eigenvalue weighted by Gasteiger charge is -2.03. The zero-order valence-electron chi connectivity index (χ0n) is 17.6. The molecular formula is C27H22N4O. The molecule has 3 N–H and O–H groups in total. The van der Waals surface area contributed by atoms with E-state index in [9.17, 15) is 4.79 Å². The predicted octanol–water partition coefficient (Wildman–Crippen LogP) is 6.06. The number of nitrogens with one attached hydrogen (secondary N) is 3. The van der Waals surface area contributed by atoms with E-state index < -0.39 is 0 Å². The van der Waals surface area contributed by atoms with Crippen LogP contribution < -0.4 is 5.56 Å². The summed E-state index contributed by atoms with van der Waals surface area (Å²) in [5.74, 6) is 0. The third kappa shape index (κ3) is 3.96. The molecule has 0 saturated carbocycles. The van der Waals surface area contributed by atoms with Crippen LogP contribution in [0.15, 0.2) is 102 Å². The van der Waals surface area contributed by atoms with Gasteiger partial charge in [-0.2, -0.15) is 5.10 Å². The van der Waals surface area contributed by atoms with Gasteiger partial charge in [0.05, 0.1) is 11.4 Å². The molecule has 5 nitrogen and oxygen atoms in total. The van der Waals surface area contributed by atoms with Crippen molar-refractivity contribution in [3.8, 4) is 22.5 Å². The number of nitrogens with zero attached hydrogens (tertiary/aromatic N) is 1. The van der Waals surface area contributed by atoms with E-state index in [4.69, 9.17) is 0 Å². The number of H-pyrrole nitrogens is 3. The van der Waals surface area contributed by atoms with Crippen molar-refractivity contribution >= 4 is 21.5 Å². The van der Waals surface area contributed by atoms with E-state index in [1.165, 1.54) is 16.2 Å². The van der Waals surface area contributed by atoms with E-state index in [-0.39, 0.29) is 5.56 Å². The molecule has 2 aromatic heterocycles. The third-order valence-electron chi connectivity index (χ3n) is 5.43. The summed E-state index contributed by atoms with van der Waals surface area (Å²) < 4.78 is 0. The molecule has 0 amide bonds. The molecule has 0 bridgehead atoms. The zero-order valence-corrected chi connectivity index (χ0v) is 17.6. The van der Waals surface area contributed by atoms with Crippen LogP contribution in [-0.2, 0) is 0 Å². The number of rotatable bonds is 2. The van der Waals surface area contributed by atoms with Gasteiger partial charge < -0.3 is 0 Å². The summed E-state index contributed by atoms with van der Waals surface area (Å²) in [5, 5.41) is 17.5. The average molecular weight is 419 g/mol. The number of fused-ring (bicyclic) bond motifs is 2. The van der Waals surface area contributed by atoms with Gasteiger partial charge in [0.1, 0.15) is 0 Å². The Morgan fingerprint density at radius 3 is 2.19 bits per heavy atom. The van der Waals surface area contributed by atoms with Crippen molar-refractivity contribution in [1.82, 2.24) is 20.4 Å². The molecule has 0 aliphatic carbocycles. The molecule has 0 spiro atoms. The van der Waals surface area contributed by atoms with Gasteiger partial charge in [-0.15, -0.1) is 0 Å². The van der Waals surface area contributed by atoms with Crippen LogP contribution in [0.2, 0.25) is 0 Å². The van der Waals surface area contributed by atoms with Crippen molar-refractivity contribution in [2.24, 2.45) is 0 Å².